The number of nitrogens with one attached hydrogen (secondary N) is 2. The van der Waals surface area contributed by atoms with Crippen LogP contribution in [0.1, 0.15) is 5.56 Å². The number of hydrogen-bond acceptors (Lipinski definition) is 3. The molecule has 2 aliphatic rings. The molecular formula is C11H10N2S2. The molecular weight excluding hydrogens is 224 g/mol. The fourth-order valence-corrected chi connectivity index (χ4v) is 3.01. The third-order valence-electron chi connectivity index (χ3n) is 2.54. The third-order valence-corrected chi connectivity index (χ3v) is 4.04. The zero-order valence-electron chi connectivity index (χ0n) is 8.04. The van der Waals surface area contributed by atoms with E-state index in [1.165, 1.54) is 22.0 Å². The van der Waals surface area contributed by atoms with Crippen molar-refractivity contribution in [3.8, 4) is 0 Å². The number of allylic oxidation sites excluding steroid dienone is 1. The van der Waals surface area contributed by atoms with Crippen molar-refractivity contribution in [3.63, 3.8) is 0 Å². The number of thiocarbonyl (C=S) groups is 1. The van der Waals surface area contributed by atoms with Crippen LogP contribution in [0.5, 0.6) is 0 Å². The van der Waals surface area contributed by atoms with Crippen molar-refractivity contribution in [2.75, 3.05) is 11.1 Å². The Morgan fingerprint density at radius 2 is 2.07 bits per heavy atom. The first kappa shape index (κ1) is 9.24. The van der Waals surface area contributed by atoms with E-state index in [1.807, 2.05) is 0 Å². The van der Waals surface area contributed by atoms with Crippen molar-refractivity contribution in [3.05, 3.63) is 40.6 Å². The maximum atomic E-state index is 5.12. The molecule has 2 N–H and O–H groups in total. The monoisotopic (exact) mass is 234 g/mol. The van der Waals surface area contributed by atoms with Crippen LogP contribution in [-0.4, -0.2) is 10.7 Å². The number of anilines is 1. The Kier molecular flexibility index (Phi) is 2.18. The molecule has 0 amide bonds. The SMILES string of the molecule is S=C1CS/C(=C2/Cc3ccccc3N2)N1. The zero-order chi connectivity index (χ0) is 10.3. The fraction of sp³-hybridized carbons (Fsp3) is 0.182. The number of para-hydroxylation sites is 1. The smallest absolute Gasteiger partial charge is 0.0933 e. The number of fused-ring (bicyclic) bond motifs is 1. The Morgan fingerprint density at radius 1 is 1.20 bits per heavy atom. The molecule has 0 aromatic heterocycles. The largest absolute Gasteiger partial charge is 0.356 e. The van der Waals surface area contributed by atoms with Gasteiger partial charge < -0.3 is 10.6 Å². The molecule has 2 aliphatic heterocycles. The molecule has 0 atom stereocenters. The predicted octanol–water partition coefficient (Wildman–Crippen LogP) is 2.49. The maximum absolute atomic E-state index is 5.12. The van der Waals surface area contributed by atoms with E-state index in [1.54, 1.807) is 11.8 Å². The van der Waals surface area contributed by atoms with Crippen LogP contribution < -0.4 is 10.6 Å². The van der Waals surface area contributed by atoms with Gasteiger partial charge in [-0.05, 0) is 11.6 Å². The first-order chi connectivity index (χ1) is 7.33. The van der Waals surface area contributed by atoms with Crippen molar-refractivity contribution in [1.82, 2.24) is 5.32 Å². The molecule has 1 aromatic carbocycles. The molecule has 0 unspecified atom stereocenters. The van der Waals surface area contributed by atoms with Gasteiger partial charge in [0.25, 0.3) is 0 Å². The van der Waals surface area contributed by atoms with Crippen LogP contribution in [0, 0.1) is 0 Å². The van der Waals surface area contributed by atoms with Gasteiger partial charge in [0.05, 0.1) is 21.5 Å². The molecule has 0 aliphatic carbocycles. The van der Waals surface area contributed by atoms with Crippen molar-refractivity contribution in [2.45, 2.75) is 6.42 Å². The highest BCUT2D eigenvalue weighted by molar-refractivity contribution is 8.05. The van der Waals surface area contributed by atoms with Crippen LogP contribution in [0.4, 0.5) is 5.69 Å². The molecule has 76 valence electrons. The second-order valence-corrected chi connectivity index (χ2v) is 5.08. The van der Waals surface area contributed by atoms with Crippen LogP contribution in [-0.2, 0) is 6.42 Å². The van der Waals surface area contributed by atoms with Gasteiger partial charge in [0, 0.05) is 12.1 Å². The predicted molar refractivity (Wildman–Crippen MR) is 69.0 cm³/mol. The highest BCUT2D eigenvalue weighted by Crippen LogP contribution is 2.33. The molecule has 0 radical (unpaired) electrons. The topological polar surface area (TPSA) is 24.1 Å². The first-order valence-corrected chi connectivity index (χ1v) is 6.23. The average Bonchev–Trinajstić information content (AvgIpc) is 2.82. The standard InChI is InChI=1S/C11H10N2S2/c14-10-6-15-11(13-10)9-5-7-3-1-2-4-8(7)12-9/h1-4,12H,5-6H2,(H,13,14)/b11-9-. The Labute approximate surface area is 98.1 Å². The zero-order valence-corrected chi connectivity index (χ0v) is 9.67. The van der Waals surface area contributed by atoms with Crippen LogP contribution in [0.2, 0.25) is 0 Å². The van der Waals surface area contributed by atoms with Crippen LogP contribution in [0.3, 0.4) is 0 Å². The summed E-state index contributed by atoms with van der Waals surface area (Å²) in [5, 5.41) is 7.87. The summed E-state index contributed by atoms with van der Waals surface area (Å²) < 4.78 is 0. The molecule has 3 rings (SSSR count). The minimum absolute atomic E-state index is 0.909. The van der Waals surface area contributed by atoms with E-state index in [0.717, 1.165) is 17.2 Å². The summed E-state index contributed by atoms with van der Waals surface area (Å²) in [4.78, 5) is 0.931. The first-order valence-electron chi connectivity index (χ1n) is 4.83. The Bertz CT molecular complexity index is 438. The lowest BCUT2D eigenvalue weighted by atomic mass is 10.1. The van der Waals surface area contributed by atoms with Crippen molar-refractivity contribution in [1.29, 1.82) is 0 Å². The summed E-state index contributed by atoms with van der Waals surface area (Å²) in [7, 11) is 0. The molecule has 0 bridgehead atoms. The van der Waals surface area contributed by atoms with Crippen LogP contribution in [0.25, 0.3) is 0 Å². The Balaban J connectivity index is 1.93. The highest BCUT2D eigenvalue weighted by atomic mass is 32.2. The molecule has 2 heterocycles. The summed E-state index contributed by atoms with van der Waals surface area (Å²) in [6.07, 6.45) is 0.980. The molecule has 0 saturated carbocycles. The molecule has 4 heteroatoms. The fourth-order valence-electron chi connectivity index (χ4n) is 1.83. The van der Waals surface area contributed by atoms with Crippen molar-refractivity contribution >= 4 is 34.7 Å². The van der Waals surface area contributed by atoms with E-state index < -0.39 is 0 Å². The summed E-state index contributed by atoms with van der Waals surface area (Å²) in [5.41, 5.74) is 3.83. The van der Waals surface area contributed by atoms with Gasteiger partial charge in [-0.15, -0.1) is 0 Å². The summed E-state index contributed by atoms with van der Waals surface area (Å²) in [5.74, 6) is 0.909. The maximum Gasteiger partial charge on any atom is 0.0933 e. The van der Waals surface area contributed by atoms with Crippen LogP contribution in [0.15, 0.2) is 35.0 Å². The minimum atomic E-state index is 0.909. The summed E-state index contributed by atoms with van der Waals surface area (Å²) in [6, 6.07) is 8.40. The normalized spacial score (nSPS) is 23.6. The number of benzene rings is 1. The Hall–Kier alpha value is -1.00. The summed E-state index contributed by atoms with van der Waals surface area (Å²) in [6.45, 7) is 0. The van der Waals surface area contributed by atoms with Gasteiger partial charge >= 0.3 is 0 Å². The number of thioether (sulfide) groups is 1. The quantitative estimate of drug-likeness (QED) is 0.674. The van der Waals surface area contributed by atoms with Gasteiger partial charge in [0.15, 0.2) is 0 Å². The van der Waals surface area contributed by atoms with Crippen molar-refractivity contribution in [2.24, 2.45) is 0 Å². The van der Waals surface area contributed by atoms with Gasteiger partial charge in [-0.1, -0.05) is 42.2 Å². The van der Waals surface area contributed by atoms with E-state index >= 15 is 0 Å². The highest BCUT2D eigenvalue weighted by Gasteiger charge is 2.21. The average molecular weight is 234 g/mol. The van der Waals surface area contributed by atoms with E-state index in [2.05, 4.69) is 34.9 Å². The van der Waals surface area contributed by atoms with Crippen molar-refractivity contribution < 1.29 is 0 Å². The lowest BCUT2D eigenvalue weighted by molar-refractivity contribution is 1.16. The molecule has 1 aromatic rings. The van der Waals surface area contributed by atoms with Gasteiger partial charge in [-0.25, -0.2) is 0 Å². The molecule has 0 spiro atoms. The second kappa shape index (κ2) is 3.54. The van der Waals surface area contributed by atoms with E-state index in [9.17, 15) is 0 Å². The van der Waals surface area contributed by atoms with Gasteiger partial charge in [-0.3, -0.25) is 0 Å². The molecule has 2 nitrogen and oxygen atoms in total. The third kappa shape index (κ3) is 1.64. The summed E-state index contributed by atoms with van der Waals surface area (Å²) >= 11 is 6.91. The molecule has 1 fully saturated rings. The lowest BCUT2D eigenvalue weighted by Gasteiger charge is -2.04. The van der Waals surface area contributed by atoms with E-state index in [-0.39, 0.29) is 0 Å². The minimum Gasteiger partial charge on any atom is -0.356 e. The van der Waals surface area contributed by atoms with Gasteiger partial charge in [0.1, 0.15) is 0 Å². The number of hydrogen-bond donors (Lipinski definition) is 2. The van der Waals surface area contributed by atoms with E-state index in [0.29, 0.717) is 0 Å². The van der Waals surface area contributed by atoms with Gasteiger partial charge in [-0.2, -0.15) is 0 Å². The van der Waals surface area contributed by atoms with Gasteiger partial charge in [0.2, 0.25) is 0 Å². The molecule has 1 saturated heterocycles. The Morgan fingerprint density at radius 3 is 2.80 bits per heavy atom. The second-order valence-electron chi connectivity index (χ2n) is 3.60. The van der Waals surface area contributed by atoms with E-state index in [4.69, 9.17) is 12.2 Å². The molecule has 15 heavy (non-hydrogen) atoms. The van der Waals surface area contributed by atoms with Crippen LogP contribution >= 0.6 is 24.0 Å². The number of rotatable bonds is 0. The lowest BCUT2D eigenvalue weighted by Crippen LogP contribution is -2.14.